The van der Waals surface area contributed by atoms with E-state index in [1.807, 2.05) is 50.2 Å². The van der Waals surface area contributed by atoms with Crippen molar-refractivity contribution in [3.63, 3.8) is 0 Å². The molecule has 1 aromatic carbocycles. The molecule has 1 unspecified atom stereocenters. The van der Waals surface area contributed by atoms with Gasteiger partial charge in [0.1, 0.15) is 18.3 Å². The number of rotatable bonds is 9. The number of aromatic nitrogens is 4. The van der Waals surface area contributed by atoms with Crippen LogP contribution in [0.3, 0.4) is 0 Å². The summed E-state index contributed by atoms with van der Waals surface area (Å²) in [6.45, 7) is 3.71. The number of aryl methyl sites for hydroxylation is 1. The summed E-state index contributed by atoms with van der Waals surface area (Å²) >= 11 is 0. The maximum atomic E-state index is 13.5. The third-order valence-corrected chi connectivity index (χ3v) is 5.87. The summed E-state index contributed by atoms with van der Waals surface area (Å²) in [7, 11) is 0. The summed E-state index contributed by atoms with van der Waals surface area (Å²) in [6, 6.07) is 12.4. The number of para-hydroxylation sites is 1. The molecule has 1 aliphatic rings. The molecular weight excluding hydrogens is 420 g/mol. The average Bonchev–Trinajstić information content (AvgIpc) is 3.57. The Hall–Kier alpha value is -3.49. The van der Waals surface area contributed by atoms with Crippen molar-refractivity contribution in [2.24, 2.45) is 0 Å². The van der Waals surface area contributed by atoms with Crippen LogP contribution in [0, 0.1) is 6.92 Å². The molecule has 2 amide bonds. The van der Waals surface area contributed by atoms with Crippen molar-refractivity contribution >= 4 is 17.5 Å². The minimum Gasteiger partial charge on any atom is -0.458 e. The lowest BCUT2D eigenvalue weighted by atomic mass is 10.1. The number of carbonyl (C=O) groups excluding carboxylic acids is 2. The number of benzene rings is 1. The van der Waals surface area contributed by atoms with Gasteiger partial charge in [0.2, 0.25) is 11.7 Å². The van der Waals surface area contributed by atoms with E-state index in [9.17, 15) is 9.59 Å². The van der Waals surface area contributed by atoms with Crippen LogP contribution >= 0.6 is 0 Å². The molecule has 3 aromatic rings. The Morgan fingerprint density at radius 2 is 1.94 bits per heavy atom. The number of amides is 2. The molecule has 0 radical (unpaired) electrons. The Labute approximate surface area is 193 Å². The van der Waals surface area contributed by atoms with Gasteiger partial charge in [-0.3, -0.25) is 14.5 Å². The van der Waals surface area contributed by atoms with Crippen molar-refractivity contribution < 1.29 is 14.0 Å². The standard InChI is InChI=1S/C24H30N6O3/c1-3-9-20(24(32)25-18-10-7-8-11-18)30(19-12-5-4-6-13-19)22(31)16-29-27-23(26-28-29)21-15-14-17(2)33-21/h4-6,12-15,18,20H,3,7-11,16H2,1-2H3,(H,25,32). The van der Waals surface area contributed by atoms with Gasteiger partial charge in [-0.15, -0.1) is 10.2 Å². The molecule has 0 bridgehead atoms. The van der Waals surface area contributed by atoms with Gasteiger partial charge in [0.25, 0.3) is 5.91 Å². The molecule has 0 aliphatic heterocycles. The Morgan fingerprint density at radius 3 is 2.61 bits per heavy atom. The third-order valence-electron chi connectivity index (χ3n) is 5.87. The molecule has 9 nitrogen and oxygen atoms in total. The molecule has 174 valence electrons. The minimum atomic E-state index is -0.610. The zero-order valence-corrected chi connectivity index (χ0v) is 19.1. The maximum Gasteiger partial charge on any atom is 0.251 e. The van der Waals surface area contributed by atoms with E-state index in [-0.39, 0.29) is 24.4 Å². The van der Waals surface area contributed by atoms with Crippen molar-refractivity contribution in [1.82, 2.24) is 25.5 Å². The third kappa shape index (κ3) is 5.47. The van der Waals surface area contributed by atoms with E-state index in [4.69, 9.17) is 4.42 Å². The highest BCUT2D eigenvalue weighted by Gasteiger charge is 2.32. The molecule has 1 fully saturated rings. The summed E-state index contributed by atoms with van der Waals surface area (Å²) in [5, 5.41) is 15.5. The Bertz CT molecular complexity index is 1070. The average molecular weight is 451 g/mol. The Balaban J connectivity index is 1.57. The molecular formula is C24H30N6O3. The van der Waals surface area contributed by atoms with Crippen molar-refractivity contribution in [2.75, 3.05) is 4.90 Å². The van der Waals surface area contributed by atoms with Crippen LogP contribution in [-0.4, -0.2) is 44.1 Å². The van der Waals surface area contributed by atoms with Gasteiger partial charge in [-0.1, -0.05) is 44.4 Å². The number of hydrogen-bond donors (Lipinski definition) is 1. The van der Waals surface area contributed by atoms with Crippen LogP contribution in [-0.2, 0) is 16.1 Å². The first-order chi connectivity index (χ1) is 16.0. The highest BCUT2D eigenvalue weighted by molar-refractivity contribution is 6.00. The van der Waals surface area contributed by atoms with Crippen molar-refractivity contribution in [3.8, 4) is 11.6 Å². The lowest BCUT2D eigenvalue weighted by molar-refractivity contribution is -0.127. The lowest BCUT2D eigenvalue weighted by Gasteiger charge is -2.31. The number of tetrazole rings is 1. The number of nitrogens with zero attached hydrogens (tertiary/aromatic N) is 5. The number of anilines is 1. The quantitative estimate of drug-likeness (QED) is 0.535. The van der Waals surface area contributed by atoms with Gasteiger partial charge in [0.05, 0.1) is 0 Å². The van der Waals surface area contributed by atoms with Crippen molar-refractivity contribution in [2.45, 2.75) is 71.0 Å². The smallest absolute Gasteiger partial charge is 0.251 e. The van der Waals surface area contributed by atoms with E-state index in [1.54, 1.807) is 11.0 Å². The maximum absolute atomic E-state index is 13.5. The molecule has 1 atom stereocenters. The second kappa shape index (κ2) is 10.4. The first-order valence-electron chi connectivity index (χ1n) is 11.6. The number of hydrogen-bond acceptors (Lipinski definition) is 6. The van der Waals surface area contributed by atoms with Crippen LogP contribution in [0.4, 0.5) is 5.69 Å². The van der Waals surface area contributed by atoms with Crippen molar-refractivity contribution in [1.29, 1.82) is 0 Å². The largest absolute Gasteiger partial charge is 0.458 e. The molecule has 2 heterocycles. The van der Waals surface area contributed by atoms with Crippen LogP contribution in [0.2, 0.25) is 0 Å². The van der Waals surface area contributed by atoms with E-state index in [0.29, 0.717) is 23.7 Å². The summed E-state index contributed by atoms with van der Waals surface area (Å²) in [5.41, 5.74) is 0.671. The van der Waals surface area contributed by atoms with Gasteiger partial charge < -0.3 is 9.73 Å². The van der Waals surface area contributed by atoms with E-state index < -0.39 is 6.04 Å². The lowest BCUT2D eigenvalue weighted by Crippen LogP contribution is -2.52. The second-order valence-corrected chi connectivity index (χ2v) is 8.45. The van der Waals surface area contributed by atoms with E-state index in [0.717, 1.165) is 37.9 Å². The van der Waals surface area contributed by atoms with Crippen LogP contribution < -0.4 is 10.2 Å². The second-order valence-electron chi connectivity index (χ2n) is 8.45. The van der Waals surface area contributed by atoms with Crippen molar-refractivity contribution in [3.05, 3.63) is 48.2 Å². The minimum absolute atomic E-state index is 0.112. The monoisotopic (exact) mass is 450 g/mol. The number of nitrogens with one attached hydrogen (secondary N) is 1. The van der Waals surface area contributed by atoms with Gasteiger partial charge in [-0.05, 0) is 55.7 Å². The SMILES string of the molecule is CCCC(C(=O)NC1CCCC1)N(C(=O)Cn1nnc(-c2ccc(C)o2)n1)c1ccccc1. The molecule has 1 saturated carbocycles. The Kier molecular flexibility index (Phi) is 7.16. The van der Waals surface area contributed by atoms with E-state index in [2.05, 4.69) is 20.7 Å². The molecule has 2 aromatic heterocycles. The zero-order valence-electron chi connectivity index (χ0n) is 19.1. The fourth-order valence-corrected chi connectivity index (χ4v) is 4.27. The normalized spacial score (nSPS) is 14.8. The molecule has 1 N–H and O–H groups in total. The van der Waals surface area contributed by atoms with Crippen LogP contribution in [0.5, 0.6) is 0 Å². The van der Waals surface area contributed by atoms with Gasteiger partial charge in [-0.2, -0.15) is 4.80 Å². The summed E-state index contributed by atoms with van der Waals surface area (Å²) < 4.78 is 5.54. The molecule has 33 heavy (non-hydrogen) atoms. The summed E-state index contributed by atoms with van der Waals surface area (Å²) in [5.74, 6) is 1.15. The molecule has 0 saturated heterocycles. The van der Waals surface area contributed by atoms with Gasteiger partial charge in [0.15, 0.2) is 5.76 Å². The predicted molar refractivity (Wildman–Crippen MR) is 123 cm³/mol. The van der Waals surface area contributed by atoms with Crippen LogP contribution in [0.25, 0.3) is 11.6 Å². The number of carbonyl (C=O) groups is 2. The molecule has 0 spiro atoms. The number of furan rings is 1. The highest BCUT2D eigenvalue weighted by Crippen LogP contribution is 2.23. The summed E-state index contributed by atoms with van der Waals surface area (Å²) in [4.78, 5) is 29.6. The van der Waals surface area contributed by atoms with E-state index in [1.165, 1.54) is 4.80 Å². The first-order valence-corrected chi connectivity index (χ1v) is 11.6. The fraction of sp³-hybridized carbons (Fsp3) is 0.458. The predicted octanol–water partition coefficient (Wildman–Crippen LogP) is 3.50. The van der Waals surface area contributed by atoms with Crippen LogP contribution in [0.1, 0.15) is 51.2 Å². The molecule has 9 heteroatoms. The molecule has 4 rings (SSSR count). The van der Waals surface area contributed by atoms with Crippen LogP contribution in [0.15, 0.2) is 46.9 Å². The van der Waals surface area contributed by atoms with E-state index >= 15 is 0 Å². The first kappa shape index (κ1) is 22.7. The molecule has 1 aliphatic carbocycles. The Morgan fingerprint density at radius 1 is 1.18 bits per heavy atom. The summed E-state index contributed by atoms with van der Waals surface area (Å²) in [6.07, 6.45) is 5.55. The zero-order chi connectivity index (χ0) is 23.2. The van der Waals surface area contributed by atoms with Gasteiger partial charge in [0, 0.05) is 11.7 Å². The van der Waals surface area contributed by atoms with Gasteiger partial charge in [-0.25, -0.2) is 0 Å². The van der Waals surface area contributed by atoms with Gasteiger partial charge >= 0.3 is 0 Å². The highest BCUT2D eigenvalue weighted by atomic mass is 16.3. The topological polar surface area (TPSA) is 106 Å². The fourth-order valence-electron chi connectivity index (χ4n) is 4.27.